The Morgan fingerprint density at radius 1 is 1.27 bits per heavy atom. The third-order valence-electron chi connectivity index (χ3n) is 1.78. The Morgan fingerprint density at radius 3 is 2.73 bits per heavy atom. The van der Waals surface area contributed by atoms with Gasteiger partial charge in [-0.25, -0.2) is 4.21 Å². The smallest absolute Gasteiger partial charge is 0.127 e. The number of pyridine rings is 1. The van der Waals surface area contributed by atoms with Crippen LogP contribution in [0.1, 0.15) is 5.76 Å². The van der Waals surface area contributed by atoms with Crippen molar-refractivity contribution in [2.75, 3.05) is 0 Å². The van der Waals surface area contributed by atoms with Crippen LogP contribution >= 0.6 is 0 Å². The molecule has 3 nitrogen and oxygen atoms in total. The number of rotatable bonds is 3. The van der Waals surface area contributed by atoms with Crippen LogP contribution in [0.5, 0.6) is 0 Å². The summed E-state index contributed by atoms with van der Waals surface area (Å²) < 4.78 is 16.8. The molecule has 1 atom stereocenters. The first kappa shape index (κ1) is 9.86. The second-order valence-electron chi connectivity index (χ2n) is 2.80. The molecule has 0 aliphatic heterocycles. The first-order chi connectivity index (χ1) is 7.36. The topological polar surface area (TPSA) is 43.1 Å². The molecule has 2 heterocycles. The molecule has 0 N–H and O–H groups in total. The number of nitrogens with zero attached hydrogens (tertiary/aromatic N) is 1. The predicted octanol–water partition coefficient (Wildman–Crippen LogP) is 2.45. The van der Waals surface area contributed by atoms with Gasteiger partial charge in [0.05, 0.1) is 17.1 Å². The van der Waals surface area contributed by atoms with E-state index in [2.05, 4.69) is 4.98 Å². The molecule has 0 aliphatic carbocycles. The maximum Gasteiger partial charge on any atom is 0.127 e. The van der Waals surface area contributed by atoms with Crippen LogP contribution in [-0.2, 0) is 10.8 Å². The number of furan rings is 1. The number of hydrogen-bond donors (Lipinski definition) is 0. The Labute approximate surface area is 89.9 Å². The molecular weight excluding hydrogens is 210 g/mol. The van der Waals surface area contributed by atoms with Gasteiger partial charge in [0.1, 0.15) is 5.76 Å². The van der Waals surface area contributed by atoms with E-state index < -0.39 is 10.8 Å². The fraction of sp³-hybridized carbons (Fsp3) is 0. The molecule has 15 heavy (non-hydrogen) atoms. The zero-order valence-corrected chi connectivity index (χ0v) is 8.68. The molecule has 0 aliphatic rings. The van der Waals surface area contributed by atoms with Gasteiger partial charge in [-0.15, -0.1) is 0 Å². The summed E-state index contributed by atoms with van der Waals surface area (Å²) in [5.74, 6) is 0.692. The van der Waals surface area contributed by atoms with E-state index in [0.717, 1.165) is 4.90 Å². The van der Waals surface area contributed by atoms with Gasteiger partial charge >= 0.3 is 0 Å². The quantitative estimate of drug-likeness (QED) is 0.796. The zero-order chi connectivity index (χ0) is 10.5. The molecule has 76 valence electrons. The van der Waals surface area contributed by atoms with Crippen molar-refractivity contribution in [3.8, 4) is 0 Å². The highest BCUT2D eigenvalue weighted by molar-refractivity contribution is 7.88. The molecule has 0 fully saturated rings. The van der Waals surface area contributed by atoms with Gasteiger partial charge in [0.25, 0.3) is 0 Å². The molecule has 2 aromatic heterocycles. The molecule has 1 unspecified atom stereocenters. The average molecular weight is 219 g/mol. The molecule has 2 aromatic rings. The lowest BCUT2D eigenvalue weighted by atomic mass is 10.4. The number of hydrogen-bond acceptors (Lipinski definition) is 3. The first-order valence-corrected chi connectivity index (χ1v) is 5.60. The maximum absolute atomic E-state index is 11.7. The summed E-state index contributed by atoms with van der Waals surface area (Å²) in [5.41, 5.74) is 0. The van der Waals surface area contributed by atoms with Crippen LogP contribution in [0.15, 0.2) is 57.6 Å². The standard InChI is InChI=1S/C11H9NO2S/c13-15(11-3-6-12-7-4-11)9-5-10-2-1-8-14-10/h1-9H/b9-5-. The lowest BCUT2D eigenvalue weighted by Crippen LogP contribution is -1.85. The molecule has 0 spiro atoms. The molecular formula is C11H9NO2S. The van der Waals surface area contributed by atoms with Gasteiger partial charge in [-0.05, 0) is 30.3 Å². The van der Waals surface area contributed by atoms with Crippen LogP contribution in [0.25, 0.3) is 6.08 Å². The van der Waals surface area contributed by atoms with Crippen LogP contribution in [0, 0.1) is 0 Å². The van der Waals surface area contributed by atoms with E-state index in [1.54, 1.807) is 54.4 Å². The minimum atomic E-state index is -1.15. The summed E-state index contributed by atoms with van der Waals surface area (Å²) in [6, 6.07) is 7.04. The van der Waals surface area contributed by atoms with Crippen molar-refractivity contribution in [3.05, 3.63) is 54.1 Å². The maximum atomic E-state index is 11.7. The van der Waals surface area contributed by atoms with E-state index in [1.807, 2.05) is 0 Å². The molecule has 0 saturated carbocycles. The van der Waals surface area contributed by atoms with Crippen LogP contribution in [-0.4, -0.2) is 9.19 Å². The van der Waals surface area contributed by atoms with Gasteiger partial charge in [0, 0.05) is 22.7 Å². The second-order valence-corrected chi connectivity index (χ2v) is 4.14. The van der Waals surface area contributed by atoms with E-state index in [1.165, 1.54) is 0 Å². The first-order valence-electron chi connectivity index (χ1n) is 4.38. The van der Waals surface area contributed by atoms with Crippen LogP contribution < -0.4 is 0 Å². The average Bonchev–Trinajstić information content (AvgIpc) is 2.80. The normalized spacial score (nSPS) is 13.1. The van der Waals surface area contributed by atoms with Crippen molar-refractivity contribution in [1.29, 1.82) is 0 Å². The number of aromatic nitrogens is 1. The molecule has 2 rings (SSSR count). The molecule has 0 bridgehead atoms. The summed E-state index contributed by atoms with van der Waals surface area (Å²) >= 11 is 0. The SMILES string of the molecule is O=S(/C=C\c1ccco1)c1ccncc1. The highest BCUT2D eigenvalue weighted by Gasteiger charge is 1.98. The highest BCUT2D eigenvalue weighted by atomic mass is 32.2. The Kier molecular flexibility index (Phi) is 3.09. The lowest BCUT2D eigenvalue weighted by molar-refractivity contribution is 0.557. The van der Waals surface area contributed by atoms with Gasteiger partial charge in [0.2, 0.25) is 0 Å². The summed E-state index contributed by atoms with van der Waals surface area (Å²) in [4.78, 5) is 4.59. The third-order valence-corrected chi connectivity index (χ3v) is 2.90. The van der Waals surface area contributed by atoms with Gasteiger partial charge in [-0.1, -0.05) is 0 Å². The van der Waals surface area contributed by atoms with Crippen LogP contribution in [0.2, 0.25) is 0 Å². The second kappa shape index (κ2) is 4.70. The molecule has 0 aromatic carbocycles. The summed E-state index contributed by atoms with van der Waals surface area (Å²) in [6.45, 7) is 0. The van der Waals surface area contributed by atoms with E-state index in [0.29, 0.717) is 5.76 Å². The van der Waals surface area contributed by atoms with Gasteiger partial charge in [0.15, 0.2) is 0 Å². The van der Waals surface area contributed by atoms with E-state index >= 15 is 0 Å². The van der Waals surface area contributed by atoms with Crippen molar-refractivity contribution in [3.63, 3.8) is 0 Å². The summed E-state index contributed by atoms with van der Waals surface area (Å²) in [6.07, 6.45) is 6.51. The fourth-order valence-corrected chi connectivity index (χ4v) is 1.87. The van der Waals surface area contributed by atoms with Crippen molar-refractivity contribution in [1.82, 2.24) is 4.98 Å². The predicted molar refractivity (Wildman–Crippen MR) is 58.4 cm³/mol. The van der Waals surface area contributed by atoms with Gasteiger partial charge in [-0.3, -0.25) is 4.98 Å². The Morgan fingerprint density at radius 2 is 2.07 bits per heavy atom. The Bertz CT molecular complexity index is 463. The molecule has 0 saturated heterocycles. The van der Waals surface area contributed by atoms with Crippen molar-refractivity contribution < 1.29 is 8.63 Å². The lowest BCUT2D eigenvalue weighted by Gasteiger charge is -1.93. The van der Waals surface area contributed by atoms with Crippen molar-refractivity contribution in [2.45, 2.75) is 4.90 Å². The zero-order valence-electron chi connectivity index (χ0n) is 7.87. The van der Waals surface area contributed by atoms with Gasteiger partial charge in [-0.2, -0.15) is 0 Å². The minimum Gasteiger partial charge on any atom is -0.465 e. The van der Waals surface area contributed by atoms with Crippen LogP contribution in [0.4, 0.5) is 0 Å². The molecule has 0 radical (unpaired) electrons. The Balaban J connectivity index is 2.11. The van der Waals surface area contributed by atoms with Crippen molar-refractivity contribution >= 4 is 16.9 Å². The van der Waals surface area contributed by atoms with E-state index in [4.69, 9.17) is 4.42 Å². The monoisotopic (exact) mass is 219 g/mol. The summed E-state index contributed by atoms with van der Waals surface area (Å²) in [5, 5.41) is 1.59. The molecule has 0 amide bonds. The van der Waals surface area contributed by atoms with Gasteiger partial charge < -0.3 is 4.42 Å². The minimum absolute atomic E-state index is 0.692. The van der Waals surface area contributed by atoms with E-state index in [-0.39, 0.29) is 0 Å². The van der Waals surface area contributed by atoms with Crippen LogP contribution in [0.3, 0.4) is 0 Å². The molecule has 4 heteroatoms. The largest absolute Gasteiger partial charge is 0.465 e. The Hall–Kier alpha value is -1.68. The van der Waals surface area contributed by atoms with Crippen molar-refractivity contribution in [2.24, 2.45) is 0 Å². The highest BCUT2D eigenvalue weighted by Crippen LogP contribution is 2.08. The fourth-order valence-electron chi connectivity index (χ4n) is 1.07. The summed E-state index contributed by atoms with van der Waals surface area (Å²) in [7, 11) is -1.15. The van der Waals surface area contributed by atoms with E-state index in [9.17, 15) is 4.21 Å². The third kappa shape index (κ3) is 2.63.